The van der Waals surface area contributed by atoms with Gasteiger partial charge in [-0.1, -0.05) is 38.7 Å². The van der Waals surface area contributed by atoms with Crippen molar-refractivity contribution in [3.8, 4) is 11.5 Å². The normalized spacial score (nSPS) is 17.4. The van der Waals surface area contributed by atoms with E-state index in [4.69, 9.17) is 15.2 Å². The molecule has 3 atom stereocenters. The minimum atomic E-state index is -0.565. The Labute approximate surface area is 210 Å². The Hall–Kier alpha value is -2.48. The highest BCUT2D eigenvalue weighted by Gasteiger charge is 2.20. The second-order valence-electron chi connectivity index (χ2n) is 9.72. The van der Waals surface area contributed by atoms with Crippen molar-refractivity contribution in [2.45, 2.75) is 103 Å². The maximum atomic E-state index is 11.6. The molecule has 1 aliphatic rings. The Balaban J connectivity index is 1.80. The molecule has 0 aliphatic heterocycles. The van der Waals surface area contributed by atoms with Crippen LogP contribution in [0.25, 0.3) is 0 Å². The third-order valence-corrected chi connectivity index (χ3v) is 6.83. The molecule has 0 bridgehead atoms. The Morgan fingerprint density at radius 2 is 1.97 bits per heavy atom. The molecule has 5 N–H and O–H groups in total. The number of nitrogens with zero attached hydrogens (tertiary/aromatic N) is 1. The second-order valence-corrected chi connectivity index (χ2v) is 9.72. The minimum Gasteiger partial charge on any atom is -0.504 e. The highest BCUT2D eigenvalue weighted by atomic mass is 16.5. The maximum absolute atomic E-state index is 11.6. The number of nitrogens with two attached hydrogens (primary N) is 1. The van der Waals surface area contributed by atoms with Crippen LogP contribution in [-0.4, -0.2) is 54.0 Å². The van der Waals surface area contributed by atoms with Crippen molar-refractivity contribution >= 4 is 11.9 Å². The molecule has 1 fully saturated rings. The van der Waals surface area contributed by atoms with Gasteiger partial charge in [0, 0.05) is 25.9 Å². The number of aliphatic imine (C=N–C) groups is 1. The van der Waals surface area contributed by atoms with Gasteiger partial charge in [-0.25, -0.2) is 0 Å². The molecular weight excluding hydrogens is 446 g/mol. The maximum Gasteiger partial charge on any atom is 0.302 e. The largest absolute Gasteiger partial charge is 0.504 e. The molecule has 0 saturated heterocycles. The zero-order chi connectivity index (χ0) is 25.6. The second kappa shape index (κ2) is 15.5. The van der Waals surface area contributed by atoms with Crippen LogP contribution in [0.15, 0.2) is 23.2 Å². The van der Waals surface area contributed by atoms with E-state index in [0.29, 0.717) is 55.9 Å². The number of ether oxygens (including phenoxy) is 2. The van der Waals surface area contributed by atoms with Crippen LogP contribution >= 0.6 is 0 Å². The molecule has 1 aromatic rings. The van der Waals surface area contributed by atoms with Crippen molar-refractivity contribution in [3.05, 3.63) is 23.8 Å². The van der Waals surface area contributed by atoms with Crippen molar-refractivity contribution in [2.75, 3.05) is 13.7 Å². The van der Waals surface area contributed by atoms with Gasteiger partial charge >= 0.3 is 5.97 Å². The van der Waals surface area contributed by atoms with E-state index in [2.05, 4.69) is 17.2 Å². The van der Waals surface area contributed by atoms with E-state index in [0.717, 1.165) is 31.2 Å². The van der Waals surface area contributed by atoms with Crippen molar-refractivity contribution in [1.29, 1.82) is 0 Å². The van der Waals surface area contributed by atoms with E-state index in [-0.39, 0.29) is 17.8 Å². The topological polar surface area (TPSA) is 126 Å². The van der Waals surface area contributed by atoms with E-state index >= 15 is 0 Å². The minimum absolute atomic E-state index is 0.0875. The molecule has 1 aromatic carbocycles. The van der Waals surface area contributed by atoms with Gasteiger partial charge < -0.3 is 30.7 Å². The molecule has 198 valence electrons. The number of hydrogen-bond acceptors (Lipinski definition) is 6. The number of aromatic hydroxyl groups is 1. The third kappa shape index (κ3) is 11.2. The molecule has 0 heterocycles. The van der Waals surface area contributed by atoms with Crippen molar-refractivity contribution in [3.63, 3.8) is 0 Å². The number of esters is 1. The summed E-state index contributed by atoms with van der Waals surface area (Å²) in [6, 6.07) is 5.63. The van der Waals surface area contributed by atoms with Crippen LogP contribution in [0.1, 0.15) is 83.6 Å². The summed E-state index contributed by atoms with van der Waals surface area (Å²) in [6.45, 7) is 4.16. The Morgan fingerprint density at radius 1 is 1.23 bits per heavy atom. The molecule has 2 rings (SSSR count). The van der Waals surface area contributed by atoms with Gasteiger partial charge in [0.15, 0.2) is 17.5 Å². The summed E-state index contributed by atoms with van der Waals surface area (Å²) in [6.07, 6.45) is 9.19. The van der Waals surface area contributed by atoms with Crippen LogP contribution in [0.2, 0.25) is 0 Å². The number of phenolic OH excluding ortho intramolecular Hbond substituents is 1. The number of nitrogens with one attached hydrogen (secondary N) is 1. The van der Waals surface area contributed by atoms with Crippen LogP contribution in [0.4, 0.5) is 0 Å². The fraction of sp³-hybridized carbons (Fsp3) is 0.704. The number of methoxy groups -OCH3 is 1. The van der Waals surface area contributed by atoms with Crippen LogP contribution in [0, 0.1) is 5.92 Å². The fourth-order valence-electron chi connectivity index (χ4n) is 4.67. The molecular formula is C27H45N3O5. The van der Waals surface area contributed by atoms with Gasteiger partial charge in [-0.05, 0) is 62.1 Å². The first-order valence-electron chi connectivity index (χ1n) is 13.1. The Bertz CT molecular complexity index is 795. The van der Waals surface area contributed by atoms with Gasteiger partial charge in [0.2, 0.25) is 0 Å². The quantitative estimate of drug-likeness (QED) is 0.176. The van der Waals surface area contributed by atoms with Crippen molar-refractivity contribution in [1.82, 2.24) is 5.32 Å². The molecule has 8 nitrogen and oxygen atoms in total. The first-order chi connectivity index (χ1) is 16.8. The molecule has 0 amide bonds. The lowest BCUT2D eigenvalue weighted by Gasteiger charge is -2.24. The SMILES string of the molecule is CCC(CCC(O)CC(CCc1ccc(O)c(OC)c1)OC(C)=O)CN=C(N)NC1CCCCC1. The van der Waals surface area contributed by atoms with Crippen LogP contribution in [-0.2, 0) is 16.0 Å². The summed E-state index contributed by atoms with van der Waals surface area (Å²) < 4.78 is 10.6. The molecule has 8 heteroatoms. The average Bonchev–Trinajstić information content (AvgIpc) is 2.83. The predicted molar refractivity (Wildman–Crippen MR) is 139 cm³/mol. The van der Waals surface area contributed by atoms with E-state index in [9.17, 15) is 15.0 Å². The fourth-order valence-corrected chi connectivity index (χ4v) is 4.67. The highest BCUT2D eigenvalue weighted by Crippen LogP contribution is 2.27. The summed E-state index contributed by atoms with van der Waals surface area (Å²) in [5.74, 6) is 1.01. The number of hydrogen-bond donors (Lipinski definition) is 4. The van der Waals surface area contributed by atoms with Gasteiger partial charge in [-0.2, -0.15) is 0 Å². The number of benzene rings is 1. The van der Waals surface area contributed by atoms with Gasteiger partial charge in [0.25, 0.3) is 0 Å². The standard InChI is InChI=1S/C27H45N3O5/c1-4-20(18-29-27(28)30-22-8-6-5-7-9-22)10-13-23(32)17-24(35-19(2)31)14-11-21-12-15-25(33)26(16-21)34-3/h12,15-16,20,22-24,32-33H,4-11,13-14,17-18H2,1-3H3,(H3,28,29,30). The number of guanidine groups is 1. The first kappa shape index (κ1) is 28.8. The first-order valence-corrected chi connectivity index (χ1v) is 13.1. The average molecular weight is 492 g/mol. The smallest absolute Gasteiger partial charge is 0.302 e. The number of carbonyl (C=O) groups is 1. The molecule has 1 aliphatic carbocycles. The summed E-state index contributed by atoms with van der Waals surface area (Å²) in [4.78, 5) is 16.2. The lowest BCUT2D eigenvalue weighted by Crippen LogP contribution is -2.41. The van der Waals surface area contributed by atoms with Gasteiger partial charge in [-0.3, -0.25) is 9.79 Å². The lowest BCUT2D eigenvalue weighted by molar-refractivity contribution is -0.148. The molecule has 0 radical (unpaired) electrons. The van der Waals surface area contributed by atoms with E-state index in [1.54, 1.807) is 12.1 Å². The zero-order valence-corrected chi connectivity index (χ0v) is 21.7. The summed E-state index contributed by atoms with van der Waals surface area (Å²) in [7, 11) is 1.51. The number of aliphatic hydroxyl groups excluding tert-OH is 1. The zero-order valence-electron chi connectivity index (χ0n) is 21.7. The Morgan fingerprint density at radius 3 is 2.63 bits per heavy atom. The van der Waals surface area contributed by atoms with Crippen LogP contribution < -0.4 is 15.8 Å². The number of phenols is 1. The number of aliphatic hydroxyl groups is 1. The molecule has 0 aromatic heterocycles. The number of aryl methyl sites for hydroxylation is 1. The third-order valence-electron chi connectivity index (χ3n) is 6.83. The summed E-state index contributed by atoms with van der Waals surface area (Å²) >= 11 is 0. The van der Waals surface area contributed by atoms with Crippen molar-refractivity contribution in [2.24, 2.45) is 16.6 Å². The predicted octanol–water partition coefficient (Wildman–Crippen LogP) is 4.06. The van der Waals surface area contributed by atoms with E-state index in [1.165, 1.54) is 33.3 Å². The van der Waals surface area contributed by atoms with Gasteiger partial charge in [0.1, 0.15) is 6.10 Å². The molecule has 1 saturated carbocycles. The number of carbonyl (C=O) groups excluding carboxylic acids is 1. The van der Waals surface area contributed by atoms with Gasteiger partial charge in [0.05, 0.1) is 13.2 Å². The van der Waals surface area contributed by atoms with Gasteiger partial charge in [-0.15, -0.1) is 0 Å². The molecule has 0 spiro atoms. The highest BCUT2D eigenvalue weighted by molar-refractivity contribution is 5.78. The molecule has 35 heavy (non-hydrogen) atoms. The summed E-state index contributed by atoms with van der Waals surface area (Å²) in [5, 5.41) is 23.8. The summed E-state index contributed by atoms with van der Waals surface area (Å²) in [5.41, 5.74) is 7.07. The van der Waals surface area contributed by atoms with Crippen LogP contribution in [0.3, 0.4) is 0 Å². The Kier molecular flexibility index (Phi) is 12.7. The number of rotatable bonds is 14. The van der Waals surface area contributed by atoms with Crippen LogP contribution in [0.5, 0.6) is 11.5 Å². The lowest BCUT2D eigenvalue weighted by atomic mass is 9.95. The monoisotopic (exact) mass is 491 g/mol. The van der Waals surface area contributed by atoms with E-state index in [1.807, 2.05) is 6.07 Å². The van der Waals surface area contributed by atoms with E-state index < -0.39 is 6.10 Å². The molecule has 3 unspecified atom stereocenters. The van der Waals surface area contributed by atoms with Crippen molar-refractivity contribution < 1.29 is 24.5 Å².